The lowest BCUT2D eigenvalue weighted by Gasteiger charge is -2.49. The predicted molar refractivity (Wildman–Crippen MR) is 158 cm³/mol. The van der Waals surface area contributed by atoms with E-state index < -0.39 is 0 Å². The van der Waals surface area contributed by atoms with Gasteiger partial charge < -0.3 is 15.1 Å². The highest BCUT2D eigenvalue weighted by Gasteiger charge is 2.47. The maximum Gasteiger partial charge on any atom is 0.320 e. The van der Waals surface area contributed by atoms with Crippen molar-refractivity contribution in [3.05, 3.63) is 88.7 Å². The van der Waals surface area contributed by atoms with Crippen LogP contribution in [0, 0.1) is 17.2 Å². The molecule has 0 radical (unpaired) electrons. The second kappa shape index (κ2) is 11.8. The first-order chi connectivity index (χ1) is 20.0. The van der Waals surface area contributed by atoms with E-state index >= 15 is 0 Å². The molecule has 3 aromatic rings. The molecular formula is C33H40FN5O2. The molecule has 1 aliphatic carbocycles. The normalized spacial score (nSPS) is 24.1. The van der Waals surface area contributed by atoms with E-state index in [9.17, 15) is 14.0 Å². The molecule has 8 heteroatoms. The van der Waals surface area contributed by atoms with Gasteiger partial charge in [0.25, 0.3) is 5.56 Å². The van der Waals surface area contributed by atoms with Gasteiger partial charge in [0.05, 0.1) is 18.1 Å². The highest BCUT2D eigenvalue weighted by Crippen LogP contribution is 2.49. The van der Waals surface area contributed by atoms with Crippen LogP contribution in [0.2, 0.25) is 0 Å². The third kappa shape index (κ3) is 5.67. The van der Waals surface area contributed by atoms with E-state index in [2.05, 4.69) is 10.3 Å². The minimum atomic E-state index is -0.270. The summed E-state index contributed by atoms with van der Waals surface area (Å²) in [6, 6.07) is 18.3. The van der Waals surface area contributed by atoms with Gasteiger partial charge in [-0.3, -0.25) is 9.36 Å². The Bertz CT molecular complexity index is 1420. The van der Waals surface area contributed by atoms with Crippen molar-refractivity contribution in [3.8, 4) is 11.3 Å². The molecule has 1 spiro atoms. The number of halogens is 1. The third-order valence-corrected chi connectivity index (χ3v) is 9.85. The minimum Gasteiger partial charge on any atom is -0.324 e. The summed E-state index contributed by atoms with van der Waals surface area (Å²) in [7, 11) is 1.95. The SMILES string of the molecule is CN[C@@H]1CCN(C(=O)N2CC[C@@H](Cn3cnc(-c4ccccc4)cc3=O)C3(CCCC3)C2)[C@H](c2cccc(F)c2)C1. The Morgan fingerprint density at radius 2 is 1.85 bits per heavy atom. The average Bonchev–Trinajstić information content (AvgIpc) is 3.47. The van der Waals surface area contributed by atoms with Gasteiger partial charge in [0, 0.05) is 43.9 Å². The van der Waals surface area contributed by atoms with Crippen LogP contribution in [0.1, 0.15) is 56.6 Å². The Hall–Kier alpha value is -3.52. The second-order valence-electron chi connectivity index (χ2n) is 12.2. The Morgan fingerprint density at radius 3 is 2.59 bits per heavy atom. The average molecular weight is 558 g/mol. The molecule has 3 aliphatic rings. The summed E-state index contributed by atoms with van der Waals surface area (Å²) in [5, 5.41) is 3.36. The maximum atomic E-state index is 14.2. The van der Waals surface area contributed by atoms with Crippen molar-refractivity contribution >= 4 is 6.03 Å². The van der Waals surface area contributed by atoms with E-state index in [-0.39, 0.29) is 28.9 Å². The number of aromatic nitrogens is 2. The Morgan fingerprint density at radius 1 is 1.05 bits per heavy atom. The lowest BCUT2D eigenvalue weighted by Crippen LogP contribution is -2.56. The highest BCUT2D eigenvalue weighted by molar-refractivity contribution is 5.75. The Labute approximate surface area is 241 Å². The number of nitrogens with zero attached hydrogens (tertiary/aromatic N) is 4. The van der Waals surface area contributed by atoms with Crippen LogP contribution in [-0.2, 0) is 6.54 Å². The van der Waals surface area contributed by atoms with Crippen molar-refractivity contribution in [1.29, 1.82) is 0 Å². The number of urea groups is 1. The lowest BCUT2D eigenvalue weighted by molar-refractivity contribution is 0.0208. The Kier molecular flexibility index (Phi) is 7.93. The number of piperidine rings is 2. The molecule has 41 heavy (non-hydrogen) atoms. The molecule has 7 nitrogen and oxygen atoms in total. The summed E-state index contributed by atoms with van der Waals surface area (Å²) in [4.78, 5) is 35.9. The van der Waals surface area contributed by atoms with Crippen molar-refractivity contribution in [2.45, 2.75) is 63.6 Å². The summed E-state index contributed by atoms with van der Waals surface area (Å²) in [5.41, 5.74) is 2.46. The monoisotopic (exact) mass is 557 g/mol. The van der Waals surface area contributed by atoms with Gasteiger partial charge in [-0.1, -0.05) is 55.3 Å². The van der Waals surface area contributed by atoms with Gasteiger partial charge in [-0.2, -0.15) is 0 Å². The highest BCUT2D eigenvalue weighted by atomic mass is 19.1. The molecule has 3 fully saturated rings. The smallest absolute Gasteiger partial charge is 0.320 e. The maximum absolute atomic E-state index is 14.2. The van der Waals surface area contributed by atoms with Gasteiger partial charge >= 0.3 is 6.03 Å². The van der Waals surface area contributed by atoms with Crippen LogP contribution in [0.25, 0.3) is 11.3 Å². The molecule has 2 aliphatic heterocycles. The van der Waals surface area contributed by atoms with Gasteiger partial charge in [-0.05, 0) is 68.2 Å². The first-order valence-electron chi connectivity index (χ1n) is 15.1. The summed E-state index contributed by atoms with van der Waals surface area (Å²) in [5.74, 6) is 0.0407. The zero-order valence-corrected chi connectivity index (χ0v) is 23.8. The minimum absolute atomic E-state index is 0.00307. The number of likely N-dealkylation sites (tertiary alicyclic amines) is 2. The Balaban J connectivity index is 1.20. The molecule has 3 atom stereocenters. The van der Waals surface area contributed by atoms with Crippen LogP contribution in [0.5, 0.6) is 0 Å². The molecule has 1 aromatic heterocycles. The number of carbonyl (C=O) groups is 1. The summed E-state index contributed by atoms with van der Waals surface area (Å²) in [6.45, 7) is 2.65. The number of nitrogens with one attached hydrogen (secondary N) is 1. The zero-order valence-electron chi connectivity index (χ0n) is 23.8. The number of carbonyl (C=O) groups excluding carboxylic acids is 1. The summed E-state index contributed by atoms with van der Waals surface area (Å²) >= 11 is 0. The van der Waals surface area contributed by atoms with Crippen LogP contribution in [-0.4, -0.2) is 58.1 Å². The van der Waals surface area contributed by atoms with Crippen molar-refractivity contribution < 1.29 is 9.18 Å². The summed E-state index contributed by atoms with van der Waals surface area (Å²) < 4.78 is 15.9. The number of rotatable bonds is 5. The fourth-order valence-corrected chi connectivity index (χ4v) is 7.54. The molecule has 0 unspecified atom stereocenters. The fourth-order valence-electron chi connectivity index (χ4n) is 7.54. The van der Waals surface area contributed by atoms with Crippen LogP contribution in [0.3, 0.4) is 0 Å². The summed E-state index contributed by atoms with van der Waals surface area (Å²) in [6.07, 6.45) is 8.64. The molecule has 0 bridgehead atoms. The van der Waals surface area contributed by atoms with E-state index in [1.54, 1.807) is 29.1 Å². The molecule has 2 saturated heterocycles. The van der Waals surface area contributed by atoms with E-state index in [0.717, 1.165) is 56.1 Å². The van der Waals surface area contributed by atoms with Crippen LogP contribution < -0.4 is 10.9 Å². The van der Waals surface area contributed by atoms with E-state index in [0.29, 0.717) is 43.8 Å². The van der Waals surface area contributed by atoms with Crippen molar-refractivity contribution in [3.63, 3.8) is 0 Å². The van der Waals surface area contributed by atoms with Gasteiger partial charge in [-0.15, -0.1) is 0 Å². The number of amides is 2. The first-order valence-corrected chi connectivity index (χ1v) is 15.1. The van der Waals surface area contributed by atoms with E-state index in [4.69, 9.17) is 0 Å². The molecule has 1 N–H and O–H groups in total. The quantitative estimate of drug-likeness (QED) is 0.451. The van der Waals surface area contributed by atoms with E-state index in [1.807, 2.05) is 53.2 Å². The van der Waals surface area contributed by atoms with Gasteiger partial charge in [0.1, 0.15) is 5.82 Å². The first kappa shape index (κ1) is 27.6. The molecule has 216 valence electrons. The van der Waals surface area contributed by atoms with Crippen LogP contribution >= 0.6 is 0 Å². The van der Waals surface area contributed by atoms with Crippen LogP contribution in [0.4, 0.5) is 9.18 Å². The van der Waals surface area contributed by atoms with Crippen molar-refractivity contribution in [2.75, 3.05) is 26.7 Å². The van der Waals surface area contributed by atoms with Gasteiger partial charge in [0.2, 0.25) is 0 Å². The topological polar surface area (TPSA) is 70.5 Å². The zero-order chi connectivity index (χ0) is 28.4. The molecule has 3 heterocycles. The van der Waals surface area contributed by atoms with Crippen molar-refractivity contribution in [1.82, 2.24) is 24.7 Å². The number of benzene rings is 2. The molecular weight excluding hydrogens is 517 g/mol. The standard InChI is InChI=1S/C33H40FN5O2/c1-35-28-13-17-39(30(19-28)25-10-7-11-27(34)18-25)32(41)37-16-12-26(33(22-37)14-5-6-15-33)21-38-23-36-29(20-31(38)40)24-8-3-2-4-9-24/h2-4,7-11,18,20,23,26,28,30,35H,5-6,12-17,19,21-22H2,1H3/t26-,28+,30-/m0/s1. The molecule has 1 saturated carbocycles. The van der Waals surface area contributed by atoms with E-state index in [1.165, 1.54) is 6.07 Å². The molecule has 2 aromatic carbocycles. The fraction of sp³-hybridized carbons (Fsp3) is 0.485. The predicted octanol–water partition coefficient (Wildman–Crippen LogP) is 5.48. The second-order valence-corrected chi connectivity index (χ2v) is 12.2. The number of hydrogen-bond donors (Lipinski definition) is 1. The number of hydrogen-bond acceptors (Lipinski definition) is 4. The van der Waals surface area contributed by atoms with Gasteiger partial charge in [-0.25, -0.2) is 14.2 Å². The van der Waals surface area contributed by atoms with Crippen LogP contribution in [0.15, 0.2) is 71.8 Å². The molecule has 6 rings (SSSR count). The molecule has 2 amide bonds. The lowest BCUT2D eigenvalue weighted by atomic mass is 9.69. The van der Waals surface area contributed by atoms with Crippen molar-refractivity contribution in [2.24, 2.45) is 11.3 Å². The third-order valence-electron chi connectivity index (χ3n) is 9.85. The largest absolute Gasteiger partial charge is 0.324 e. The van der Waals surface area contributed by atoms with Gasteiger partial charge in [0.15, 0.2) is 0 Å².